The first-order chi connectivity index (χ1) is 17.4. The van der Waals surface area contributed by atoms with Crippen LogP contribution in [-0.4, -0.2) is 21.1 Å². The number of anilines is 1. The van der Waals surface area contributed by atoms with Crippen LogP contribution in [0.25, 0.3) is 0 Å². The topological polar surface area (TPSA) is 70.9 Å². The maximum Gasteiger partial charge on any atom is 0.104 e. The van der Waals surface area contributed by atoms with E-state index in [4.69, 9.17) is 46.4 Å². The van der Waals surface area contributed by atoms with E-state index in [-0.39, 0.29) is 6.04 Å². The van der Waals surface area contributed by atoms with Crippen molar-refractivity contribution in [3.05, 3.63) is 117 Å². The first-order valence-electron chi connectivity index (χ1n) is 11.4. The molecule has 182 valence electrons. The maximum atomic E-state index is 9.06. The number of benzene rings is 3. The quantitative estimate of drug-likeness (QED) is 0.249. The third-order valence-electron chi connectivity index (χ3n) is 6.08. The zero-order valence-corrected chi connectivity index (χ0v) is 22.1. The molecule has 3 aromatic carbocycles. The molecular formula is C28H25Cl2N5S. The second kappa shape index (κ2) is 11.6. The van der Waals surface area contributed by atoms with Gasteiger partial charge < -0.3 is 15.2 Å². The highest BCUT2D eigenvalue weighted by atomic mass is 35.5. The van der Waals surface area contributed by atoms with Gasteiger partial charge in [-0.15, -0.1) is 0 Å². The van der Waals surface area contributed by atoms with E-state index >= 15 is 0 Å². The fourth-order valence-corrected chi connectivity index (χ4v) is 4.79. The molecular weight excluding hydrogens is 509 g/mol. The molecule has 0 bridgehead atoms. The van der Waals surface area contributed by atoms with Crippen LogP contribution in [0, 0.1) is 18.3 Å². The number of nitriles is 1. The molecule has 36 heavy (non-hydrogen) atoms. The Labute approximate surface area is 226 Å². The number of thiocarbonyl (C=S) groups is 1. The van der Waals surface area contributed by atoms with E-state index in [1.54, 1.807) is 0 Å². The van der Waals surface area contributed by atoms with Crippen molar-refractivity contribution in [2.75, 3.05) is 11.4 Å². The summed E-state index contributed by atoms with van der Waals surface area (Å²) in [6.45, 7) is 3.25. The van der Waals surface area contributed by atoms with E-state index in [1.807, 2.05) is 86.2 Å². The molecule has 8 heteroatoms. The third kappa shape index (κ3) is 6.06. The molecule has 5 nitrogen and oxygen atoms in total. The minimum atomic E-state index is -0.368. The van der Waals surface area contributed by atoms with Gasteiger partial charge in [-0.3, -0.25) is 0 Å². The monoisotopic (exact) mass is 533 g/mol. The number of rotatable bonds is 9. The van der Waals surface area contributed by atoms with Crippen molar-refractivity contribution in [1.82, 2.24) is 9.55 Å². The van der Waals surface area contributed by atoms with Gasteiger partial charge in [-0.1, -0.05) is 65.8 Å². The minimum Gasteiger partial charge on any atom is -0.391 e. The van der Waals surface area contributed by atoms with Gasteiger partial charge in [0.05, 0.1) is 18.0 Å². The molecule has 1 heterocycles. The predicted molar refractivity (Wildman–Crippen MR) is 151 cm³/mol. The lowest BCUT2D eigenvalue weighted by Crippen LogP contribution is -2.38. The van der Waals surface area contributed by atoms with Gasteiger partial charge in [0.15, 0.2) is 0 Å². The number of hydrogen-bond donors (Lipinski definition) is 1. The van der Waals surface area contributed by atoms with Crippen LogP contribution in [0.4, 0.5) is 5.69 Å². The molecule has 1 aromatic heterocycles. The zero-order chi connectivity index (χ0) is 25.7. The van der Waals surface area contributed by atoms with Gasteiger partial charge in [0.1, 0.15) is 11.0 Å². The van der Waals surface area contributed by atoms with Gasteiger partial charge in [-0.05, 0) is 60.0 Å². The van der Waals surface area contributed by atoms with Crippen LogP contribution < -0.4 is 10.6 Å². The van der Waals surface area contributed by atoms with Crippen molar-refractivity contribution in [3.8, 4) is 6.07 Å². The minimum absolute atomic E-state index is 0.347. The number of nitrogens with two attached hydrogens (primary N) is 1. The molecule has 0 fully saturated rings. The Hall–Kier alpha value is -3.37. The van der Waals surface area contributed by atoms with Crippen molar-refractivity contribution in [2.24, 2.45) is 5.73 Å². The van der Waals surface area contributed by atoms with Crippen molar-refractivity contribution in [1.29, 1.82) is 5.26 Å². The second-order valence-electron chi connectivity index (χ2n) is 8.56. The molecule has 0 radical (unpaired) electrons. The van der Waals surface area contributed by atoms with Crippen molar-refractivity contribution in [3.63, 3.8) is 0 Å². The summed E-state index contributed by atoms with van der Waals surface area (Å²) in [4.78, 5) is 6.89. The fourth-order valence-electron chi connectivity index (χ4n) is 4.16. The summed E-state index contributed by atoms with van der Waals surface area (Å²) in [5.74, 6) is 0. The molecule has 0 spiro atoms. The van der Waals surface area contributed by atoms with Crippen LogP contribution in [-0.2, 0) is 13.0 Å². The van der Waals surface area contributed by atoms with Crippen LogP contribution in [0.5, 0.6) is 0 Å². The highest BCUT2D eigenvalue weighted by molar-refractivity contribution is 7.80. The Balaban J connectivity index is 1.64. The summed E-state index contributed by atoms with van der Waals surface area (Å²) in [6, 6.07) is 22.9. The lowest BCUT2D eigenvalue weighted by Gasteiger charge is -2.34. The summed E-state index contributed by atoms with van der Waals surface area (Å²) in [5.41, 5.74) is 11.9. The van der Waals surface area contributed by atoms with Gasteiger partial charge in [-0.25, -0.2) is 4.98 Å². The second-order valence-corrected chi connectivity index (χ2v) is 9.87. The summed E-state index contributed by atoms with van der Waals surface area (Å²) in [5, 5.41) is 10.4. The molecule has 0 amide bonds. The van der Waals surface area contributed by atoms with Crippen LogP contribution >= 0.6 is 35.4 Å². The Morgan fingerprint density at radius 1 is 1.14 bits per heavy atom. The van der Waals surface area contributed by atoms with Crippen LogP contribution in [0.3, 0.4) is 0 Å². The molecule has 4 rings (SSSR count). The average Bonchev–Trinajstić information content (AvgIpc) is 3.30. The molecule has 0 aliphatic carbocycles. The standard InChI is InChI=1S/C28H25Cl2N5S/c1-19-5-10-24(14-26(19)30)35(27(28(32)36)22-3-2-4-23(29)13-22)12-11-25-16-33-18-34(25)17-21-8-6-20(15-31)7-9-21/h2-10,13-14,16,18,27H,11-12,17H2,1H3,(H2,32,36). The van der Waals surface area contributed by atoms with E-state index in [2.05, 4.69) is 20.5 Å². The van der Waals surface area contributed by atoms with Crippen LogP contribution in [0.1, 0.15) is 34.0 Å². The molecule has 2 N–H and O–H groups in total. The van der Waals surface area contributed by atoms with Gasteiger partial charge in [-0.2, -0.15) is 5.26 Å². The predicted octanol–water partition coefficient (Wildman–Crippen LogP) is 6.49. The SMILES string of the molecule is Cc1ccc(N(CCc2cncn2Cc2ccc(C#N)cc2)C(C(N)=S)c2cccc(Cl)c2)cc1Cl. The number of imidazole rings is 1. The molecule has 0 aliphatic rings. The zero-order valence-electron chi connectivity index (χ0n) is 19.7. The first kappa shape index (κ1) is 25.7. The lowest BCUT2D eigenvalue weighted by molar-refractivity contribution is 0.689. The normalized spacial score (nSPS) is 11.6. The Bertz CT molecular complexity index is 1410. The van der Waals surface area contributed by atoms with Gasteiger partial charge in [0, 0.05) is 47.1 Å². The van der Waals surface area contributed by atoms with Crippen molar-refractivity contribution < 1.29 is 0 Å². The molecule has 1 atom stereocenters. The van der Waals surface area contributed by atoms with E-state index in [1.165, 1.54) is 0 Å². The largest absolute Gasteiger partial charge is 0.391 e. The number of nitrogens with zero attached hydrogens (tertiary/aromatic N) is 4. The summed E-state index contributed by atoms with van der Waals surface area (Å²) in [7, 11) is 0. The molecule has 4 aromatic rings. The van der Waals surface area contributed by atoms with Crippen molar-refractivity contribution >= 4 is 46.1 Å². The highest BCUT2D eigenvalue weighted by Crippen LogP contribution is 2.32. The Morgan fingerprint density at radius 3 is 2.58 bits per heavy atom. The summed E-state index contributed by atoms with van der Waals surface area (Å²) >= 11 is 18.4. The third-order valence-corrected chi connectivity index (χ3v) is 6.94. The molecule has 1 unspecified atom stereocenters. The molecule has 0 saturated heterocycles. The fraction of sp³-hybridized carbons (Fsp3) is 0.179. The van der Waals surface area contributed by atoms with E-state index < -0.39 is 0 Å². The Morgan fingerprint density at radius 2 is 1.92 bits per heavy atom. The average molecular weight is 535 g/mol. The maximum absolute atomic E-state index is 9.06. The van der Waals surface area contributed by atoms with Crippen LogP contribution in [0.15, 0.2) is 79.3 Å². The van der Waals surface area contributed by atoms with Gasteiger partial charge >= 0.3 is 0 Å². The van der Waals surface area contributed by atoms with Gasteiger partial charge in [0.2, 0.25) is 0 Å². The van der Waals surface area contributed by atoms with Crippen LogP contribution in [0.2, 0.25) is 10.0 Å². The molecule has 0 aliphatic heterocycles. The van der Waals surface area contributed by atoms with Crippen molar-refractivity contribution in [2.45, 2.75) is 25.9 Å². The van der Waals surface area contributed by atoms with E-state index in [9.17, 15) is 0 Å². The first-order valence-corrected chi connectivity index (χ1v) is 12.6. The molecule has 0 saturated carbocycles. The number of hydrogen-bond acceptors (Lipinski definition) is 4. The number of aromatic nitrogens is 2. The van der Waals surface area contributed by atoms with Gasteiger partial charge in [0.25, 0.3) is 0 Å². The van der Waals surface area contributed by atoms with E-state index in [0.29, 0.717) is 40.1 Å². The smallest absolute Gasteiger partial charge is 0.104 e. The summed E-state index contributed by atoms with van der Waals surface area (Å²) < 4.78 is 2.11. The summed E-state index contributed by atoms with van der Waals surface area (Å²) in [6.07, 6.45) is 4.39. The highest BCUT2D eigenvalue weighted by Gasteiger charge is 2.25. The number of aryl methyl sites for hydroxylation is 1. The Kier molecular flexibility index (Phi) is 8.27. The lowest BCUT2D eigenvalue weighted by atomic mass is 10.0. The van der Waals surface area contributed by atoms with E-state index in [0.717, 1.165) is 28.1 Å². The number of halogens is 2.